The molecule has 1 atom stereocenters. The van der Waals surface area contributed by atoms with Crippen molar-refractivity contribution < 1.29 is 13.2 Å². The number of hydrogen-bond acceptors (Lipinski definition) is 3. The van der Waals surface area contributed by atoms with Crippen LogP contribution < -0.4 is 9.62 Å². The van der Waals surface area contributed by atoms with E-state index >= 15 is 0 Å². The van der Waals surface area contributed by atoms with Crippen molar-refractivity contribution in [1.82, 2.24) is 5.32 Å². The van der Waals surface area contributed by atoms with Gasteiger partial charge in [-0.15, -0.1) is 0 Å². The number of carbonyl (C=O) groups is 1. The second kappa shape index (κ2) is 8.36. The standard InChI is InChI=1S/C20H26N2O3S/c1-15(2)16(3)21-20(23)18-12-10-17(11-13-18)14-22(26(4,24)25)19-8-6-5-7-9-19/h5-13,15-16H,14H2,1-4H3,(H,21,23)/t16-/m1/s1. The van der Waals surface area contributed by atoms with Crippen molar-refractivity contribution in [2.45, 2.75) is 33.4 Å². The summed E-state index contributed by atoms with van der Waals surface area (Å²) in [5.41, 5.74) is 1.99. The predicted molar refractivity (Wildman–Crippen MR) is 106 cm³/mol. The van der Waals surface area contributed by atoms with E-state index in [1.54, 1.807) is 48.5 Å². The highest BCUT2D eigenvalue weighted by Crippen LogP contribution is 2.20. The predicted octanol–water partition coefficient (Wildman–Crippen LogP) is 3.43. The third-order valence-electron chi connectivity index (χ3n) is 4.35. The molecule has 0 aromatic heterocycles. The lowest BCUT2D eigenvalue weighted by Gasteiger charge is -2.22. The third kappa shape index (κ3) is 5.33. The van der Waals surface area contributed by atoms with E-state index in [-0.39, 0.29) is 18.5 Å². The number of sulfonamides is 1. The Labute approximate surface area is 156 Å². The lowest BCUT2D eigenvalue weighted by atomic mass is 10.1. The van der Waals surface area contributed by atoms with Crippen LogP contribution in [-0.2, 0) is 16.6 Å². The number of carbonyl (C=O) groups excluding carboxylic acids is 1. The van der Waals surface area contributed by atoms with Gasteiger partial charge in [0, 0.05) is 11.6 Å². The van der Waals surface area contributed by atoms with E-state index in [4.69, 9.17) is 0 Å². The van der Waals surface area contributed by atoms with Gasteiger partial charge in [0.05, 0.1) is 18.5 Å². The van der Waals surface area contributed by atoms with Crippen LogP contribution in [0.2, 0.25) is 0 Å². The maximum atomic E-state index is 12.3. The molecule has 0 radical (unpaired) electrons. The average Bonchev–Trinajstić information content (AvgIpc) is 2.59. The third-order valence-corrected chi connectivity index (χ3v) is 5.49. The molecule has 0 aliphatic heterocycles. The quantitative estimate of drug-likeness (QED) is 0.807. The van der Waals surface area contributed by atoms with Gasteiger partial charge in [0.2, 0.25) is 10.0 Å². The van der Waals surface area contributed by atoms with Gasteiger partial charge in [0.25, 0.3) is 5.91 Å². The number of benzene rings is 2. The van der Waals surface area contributed by atoms with Gasteiger partial charge in [0.15, 0.2) is 0 Å². The first kappa shape index (κ1) is 20.0. The normalized spacial score (nSPS) is 12.7. The minimum absolute atomic E-state index is 0.0842. The van der Waals surface area contributed by atoms with Gasteiger partial charge in [-0.2, -0.15) is 0 Å². The SMILES string of the molecule is CC(C)[C@@H](C)NC(=O)c1ccc(CN(c2ccccc2)S(C)(=O)=O)cc1. The first-order valence-electron chi connectivity index (χ1n) is 8.61. The zero-order chi connectivity index (χ0) is 19.3. The Hall–Kier alpha value is -2.34. The summed E-state index contributed by atoms with van der Waals surface area (Å²) in [5.74, 6) is 0.230. The van der Waals surface area contributed by atoms with E-state index in [1.165, 1.54) is 10.6 Å². The summed E-state index contributed by atoms with van der Waals surface area (Å²) in [5, 5.41) is 2.96. The van der Waals surface area contributed by atoms with E-state index in [0.717, 1.165) is 5.56 Å². The molecule has 2 aromatic carbocycles. The van der Waals surface area contributed by atoms with E-state index < -0.39 is 10.0 Å². The lowest BCUT2D eigenvalue weighted by molar-refractivity contribution is 0.0930. The summed E-state index contributed by atoms with van der Waals surface area (Å²) < 4.78 is 25.7. The number of amides is 1. The van der Waals surface area contributed by atoms with Crippen LogP contribution >= 0.6 is 0 Å². The van der Waals surface area contributed by atoms with Gasteiger partial charge in [-0.3, -0.25) is 9.10 Å². The highest BCUT2D eigenvalue weighted by Gasteiger charge is 2.18. The van der Waals surface area contributed by atoms with E-state index in [1.807, 2.05) is 13.0 Å². The van der Waals surface area contributed by atoms with Crippen LogP contribution in [0.4, 0.5) is 5.69 Å². The van der Waals surface area contributed by atoms with Gasteiger partial charge < -0.3 is 5.32 Å². The van der Waals surface area contributed by atoms with Gasteiger partial charge in [-0.05, 0) is 42.7 Å². The zero-order valence-corrected chi connectivity index (χ0v) is 16.5. The van der Waals surface area contributed by atoms with Crippen molar-refractivity contribution in [3.63, 3.8) is 0 Å². The molecule has 0 heterocycles. The molecule has 0 saturated carbocycles. The fraction of sp³-hybridized carbons (Fsp3) is 0.350. The largest absolute Gasteiger partial charge is 0.349 e. The van der Waals surface area contributed by atoms with Crippen molar-refractivity contribution in [3.8, 4) is 0 Å². The van der Waals surface area contributed by atoms with Crippen LogP contribution in [0.3, 0.4) is 0 Å². The number of anilines is 1. The Bertz CT molecular complexity index is 831. The molecule has 0 unspecified atom stereocenters. The van der Waals surface area contributed by atoms with E-state index in [0.29, 0.717) is 17.2 Å². The molecule has 2 aromatic rings. The second-order valence-electron chi connectivity index (χ2n) is 6.81. The van der Waals surface area contributed by atoms with Crippen LogP contribution in [0.1, 0.15) is 36.7 Å². The topological polar surface area (TPSA) is 66.5 Å². The number of rotatable bonds is 7. The molecule has 0 aliphatic rings. The first-order chi connectivity index (χ1) is 12.2. The fourth-order valence-electron chi connectivity index (χ4n) is 2.38. The van der Waals surface area contributed by atoms with Crippen molar-refractivity contribution >= 4 is 21.6 Å². The minimum atomic E-state index is -3.41. The van der Waals surface area contributed by atoms with Crippen molar-refractivity contribution in [3.05, 3.63) is 65.7 Å². The smallest absolute Gasteiger partial charge is 0.251 e. The Balaban J connectivity index is 2.15. The van der Waals surface area contributed by atoms with Gasteiger partial charge >= 0.3 is 0 Å². The Morgan fingerprint density at radius 1 is 1.00 bits per heavy atom. The summed E-state index contributed by atoms with van der Waals surface area (Å²) in [6, 6.07) is 16.1. The fourth-order valence-corrected chi connectivity index (χ4v) is 3.27. The molecule has 2 rings (SSSR count). The van der Waals surface area contributed by atoms with Gasteiger partial charge in [0.1, 0.15) is 0 Å². The Morgan fingerprint density at radius 2 is 1.58 bits per heavy atom. The molecule has 26 heavy (non-hydrogen) atoms. The summed E-state index contributed by atoms with van der Waals surface area (Å²) in [6.45, 7) is 6.29. The molecule has 0 fully saturated rings. The van der Waals surface area contributed by atoms with Crippen LogP contribution in [-0.4, -0.2) is 26.6 Å². The maximum absolute atomic E-state index is 12.3. The van der Waals surface area contributed by atoms with Crippen LogP contribution in [0.5, 0.6) is 0 Å². The van der Waals surface area contributed by atoms with Crippen molar-refractivity contribution in [1.29, 1.82) is 0 Å². The number of para-hydroxylation sites is 1. The highest BCUT2D eigenvalue weighted by molar-refractivity contribution is 7.92. The summed E-state index contributed by atoms with van der Waals surface area (Å²) in [6.07, 6.45) is 1.19. The number of nitrogens with one attached hydrogen (secondary N) is 1. The monoisotopic (exact) mass is 374 g/mol. The molecule has 1 amide bonds. The van der Waals surface area contributed by atoms with Crippen molar-refractivity contribution in [2.24, 2.45) is 5.92 Å². The number of nitrogens with zero attached hydrogens (tertiary/aromatic N) is 1. The summed E-state index contributed by atoms with van der Waals surface area (Å²) >= 11 is 0. The summed E-state index contributed by atoms with van der Waals surface area (Å²) in [4.78, 5) is 12.3. The lowest BCUT2D eigenvalue weighted by Crippen LogP contribution is -2.36. The van der Waals surface area contributed by atoms with Gasteiger partial charge in [-0.25, -0.2) is 8.42 Å². The highest BCUT2D eigenvalue weighted by atomic mass is 32.2. The molecule has 0 saturated heterocycles. The van der Waals surface area contributed by atoms with E-state index in [2.05, 4.69) is 19.2 Å². The Kier molecular flexibility index (Phi) is 6.42. The molecule has 0 aliphatic carbocycles. The molecule has 140 valence electrons. The zero-order valence-electron chi connectivity index (χ0n) is 15.6. The number of hydrogen-bond donors (Lipinski definition) is 1. The minimum Gasteiger partial charge on any atom is -0.349 e. The molecule has 1 N–H and O–H groups in total. The van der Waals surface area contributed by atoms with Crippen molar-refractivity contribution in [2.75, 3.05) is 10.6 Å². The summed E-state index contributed by atoms with van der Waals surface area (Å²) in [7, 11) is -3.41. The average molecular weight is 375 g/mol. The van der Waals surface area contributed by atoms with Crippen LogP contribution in [0.25, 0.3) is 0 Å². The molecular weight excluding hydrogens is 348 g/mol. The van der Waals surface area contributed by atoms with E-state index in [9.17, 15) is 13.2 Å². The molecule has 6 heteroatoms. The van der Waals surface area contributed by atoms with Crippen LogP contribution in [0.15, 0.2) is 54.6 Å². The maximum Gasteiger partial charge on any atom is 0.251 e. The molecular formula is C20H26N2O3S. The first-order valence-corrected chi connectivity index (χ1v) is 10.5. The Morgan fingerprint density at radius 3 is 2.08 bits per heavy atom. The molecule has 0 bridgehead atoms. The molecule has 5 nitrogen and oxygen atoms in total. The molecule has 0 spiro atoms. The van der Waals surface area contributed by atoms with Crippen LogP contribution in [0, 0.1) is 5.92 Å². The second-order valence-corrected chi connectivity index (χ2v) is 8.72. The van der Waals surface area contributed by atoms with Gasteiger partial charge in [-0.1, -0.05) is 44.2 Å².